The summed E-state index contributed by atoms with van der Waals surface area (Å²) in [6.07, 6.45) is 0.832. The lowest BCUT2D eigenvalue weighted by molar-refractivity contribution is -0.0657. The Morgan fingerprint density at radius 1 is 1.17 bits per heavy atom. The second kappa shape index (κ2) is 5.69. The lowest BCUT2D eigenvalue weighted by Crippen LogP contribution is -2.48. The van der Waals surface area contributed by atoms with Crippen LogP contribution < -0.4 is 0 Å². The molecule has 4 heteroatoms. The Bertz CT molecular complexity index is 746. The highest BCUT2D eigenvalue weighted by molar-refractivity contribution is 8.14. The summed E-state index contributed by atoms with van der Waals surface area (Å²) in [5.74, 6) is 0. The molecule has 0 aromatic heterocycles. The van der Waals surface area contributed by atoms with Gasteiger partial charge in [0.15, 0.2) is 10.9 Å². The van der Waals surface area contributed by atoms with Crippen molar-refractivity contribution in [1.29, 1.82) is 0 Å². The van der Waals surface area contributed by atoms with Crippen molar-refractivity contribution < 1.29 is 5.11 Å². The molecule has 1 fully saturated rings. The van der Waals surface area contributed by atoms with E-state index in [4.69, 9.17) is 0 Å². The van der Waals surface area contributed by atoms with Crippen LogP contribution >= 0.6 is 11.8 Å². The van der Waals surface area contributed by atoms with Crippen LogP contribution in [0.4, 0.5) is 0 Å². The fourth-order valence-corrected chi connectivity index (χ4v) is 4.94. The number of aliphatic imine (C=N–C) groups is 1. The van der Waals surface area contributed by atoms with Crippen LogP contribution in [0.15, 0.2) is 59.6 Å². The zero-order chi connectivity index (χ0) is 15.9. The van der Waals surface area contributed by atoms with Gasteiger partial charge in [0.2, 0.25) is 0 Å². The Morgan fingerprint density at radius 3 is 2.70 bits per heavy atom. The van der Waals surface area contributed by atoms with E-state index in [0.717, 1.165) is 30.2 Å². The largest absolute Gasteiger partial charge is 0.366 e. The number of nitrogens with zero attached hydrogens (tertiary/aromatic N) is 2. The maximum Gasteiger partial charge on any atom is 0.178 e. The van der Waals surface area contributed by atoms with Gasteiger partial charge in [-0.3, -0.25) is 4.99 Å². The SMILES string of the molecule is Cc1ccccc1CC1SC2=NCCN2C1(O)c1ccccc1. The molecule has 0 aliphatic carbocycles. The molecule has 2 aliphatic rings. The van der Waals surface area contributed by atoms with E-state index in [-0.39, 0.29) is 5.25 Å². The molecule has 2 aromatic rings. The van der Waals surface area contributed by atoms with Gasteiger partial charge >= 0.3 is 0 Å². The zero-order valence-corrected chi connectivity index (χ0v) is 14.0. The fourth-order valence-electron chi connectivity index (χ4n) is 3.48. The Hall–Kier alpha value is -1.78. The molecule has 118 valence electrons. The molecule has 0 spiro atoms. The molecule has 2 aliphatic heterocycles. The Kier molecular flexibility index (Phi) is 3.66. The summed E-state index contributed by atoms with van der Waals surface area (Å²) in [4.78, 5) is 6.66. The van der Waals surface area contributed by atoms with Crippen molar-refractivity contribution in [1.82, 2.24) is 4.90 Å². The lowest BCUT2D eigenvalue weighted by atomic mass is 9.92. The van der Waals surface area contributed by atoms with Crippen molar-refractivity contribution in [2.45, 2.75) is 24.3 Å². The third kappa shape index (κ3) is 2.37. The van der Waals surface area contributed by atoms with Crippen LogP contribution in [-0.2, 0) is 12.1 Å². The first-order valence-corrected chi connectivity index (χ1v) is 8.88. The monoisotopic (exact) mass is 324 g/mol. The van der Waals surface area contributed by atoms with E-state index in [1.807, 2.05) is 30.3 Å². The number of fused-ring (bicyclic) bond motifs is 1. The maximum atomic E-state index is 11.7. The van der Waals surface area contributed by atoms with Crippen LogP contribution in [0.5, 0.6) is 0 Å². The highest BCUT2D eigenvalue weighted by atomic mass is 32.2. The molecule has 0 bridgehead atoms. The molecule has 2 aromatic carbocycles. The highest BCUT2D eigenvalue weighted by Crippen LogP contribution is 2.47. The normalized spacial score (nSPS) is 26.3. The van der Waals surface area contributed by atoms with E-state index in [2.05, 4.69) is 41.1 Å². The number of rotatable bonds is 3. The average molecular weight is 324 g/mol. The number of thioether (sulfide) groups is 1. The summed E-state index contributed by atoms with van der Waals surface area (Å²) in [5.41, 5.74) is 2.54. The second-order valence-electron chi connectivity index (χ2n) is 6.15. The number of hydrogen-bond donors (Lipinski definition) is 1. The minimum absolute atomic E-state index is 0.0463. The summed E-state index contributed by atoms with van der Waals surface area (Å²) >= 11 is 1.71. The molecule has 1 saturated heterocycles. The summed E-state index contributed by atoms with van der Waals surface area (Å²) in [6.45, 7) is 3.70. The summed E-state index contributed by atoms with van der Waals surface area (Å²) < 4.78 is 0. The molecule has 1 N–H and O–H groups in total. The predicted molar refractivity (Wildman–Crippen MR) is 95.6 cm³/mol. The number of benzene rings is 2. The molecule has 0 radical (unpaired) electrons. The van der Waals surface area contributed by atoms with Gasteiger partial charge in [-0.15, -0.1) is 0 Å². The third-order valence-corrected chi connectivity index (χ3v) is 6.12. The predicted octanol–water partition coefficient (Wildman–Crippen LogP) is 3.17. The van der Waals surface area contributed by atoms with Crippen molar-refractivity contribution in [2.24, 2.45) is 4.99 Å². The van der Waals surface area contributed by atoms with Gasteiger partial charge in [0.25, 0.3) is 0 Å². The fraction of sp³-hybridized carbons (Fsp3) is 0.316. The number of aliphatic hydroxyl groups is 1. The third-order valence-electron chi connectivity index (χ3n) is 4.77. The molecule has 23 heavy (non-hydrogen) atoms. The van der Waals surface area contributed by atoms with E-state index >= 15 is 0 Å². The Morgan fingerprint density at radius 2 is 1.91 bits per heavy atom. The molecule has 2 unspecified atom stereocenters. The van der Waals surface area contributed by atoms with Crippen molar-refractivity contribution >= 4 is 16.9 Å². The molecule has 0 saturated carbocycles. The Balaban J connectivity index is 1.74. The van der Waals surface area contributed by atoms with E-state index in [0.29, 0.717) is 0 Å². The van der Waals surface area contributed by atoms with E-state index < -0.39 is 5.72 Å². The van der Waals surface area contributed by atoms with Crippen LogP contribution in [0.3, 0.4) is 0 Å². The minimum atomic E-state index is -0.983. The van der Waals surface area contributed by atoms with E-state index in [1.54, 1.807) is 11.8 Å². The molecular formula is C19H20N2OS. The van der Waals surface area contributed by atoms with Gasteiger partial charge in [0.1, 0.15) is 0 Å². The van der Waals surface area contributed by atoms with Crippen molar-refractivity contribution in [3.8, 4) is 0 Å². The average Bonchev–Trinajstić information content (AvgIpc) is 3.14. The standard InChI is InChI=1S/C19H20N2OS/c1-14-7-5-6-8-15(14)13-17-19(22,16-9-3-2-4-10-16)21-12-11-20-18(21)23-17/h2-10,17,22H,11-13H2,1H3. The zero-order valence-electron chi connectivity index (χ0n) is 13.1. The highest BCUT2D eigenvalue weighted by Gasteiger charge is 2.53. The topological polar surface area (TPSA) is 35.8 Å². The van der Waals surface area contributed by atoms with Gasteiger partial charge in [0, 0.05) is 12.1 Å². The quantitative estimate of drug-likeness (QED) is 0.942. The molecule has 4 rings (SSSR count). The van der Waals surface area contributed by atoms with Crippen LogP contribution in [0, 0.1) is 6.92 Å². The van der Waals surface area contributed by atoms with E-state index in [9.17, 15) is 5.11 Å². The van der Waals surface area contributed by atoms with Crippen molar-refractivity contribution in [3.05, 3.63) is 71.3 Å². The molecule has 0 amide bonds. The van der Waals surface area contributed by atoms with Gasteiger partial charge in [-0.05, 0) is 24.5 Å². The van der Waals surface area contributed by atoms with Crippen LogP contribution in [0.2, 0.25) is 0 Å². The van der Waals surface area contributed by atoms with Crippen molar-refractivity contribution in [2.75, 3.05) is 13.1 Å². The number of amidine groups is 1. The summed E-state index contributed by atoms with van der Waals surface area (Å²) in [6, 6.07) is 18.4. The molecule has 2 atom stereocenters. The summed E-state index contributed by atoms with van der Waals surface area (Å²) in [7, 11) is 0. The van der Waals surface area contributed by atoms with Gasteiger partial charge in [-0.25, -0.2) is 0 Å². The van der Waals surface area contributed by atoms with Gasteiger partial charge in [0.05, 0.1) is 11.8 Å². The van der Waals surface area contributed by atoms with Crippen LogP contribution in [0.1, 0.15) is 16.7 Å². The van der Waals surface area contributed by atoms with Gasteiger partial charge < -0.3 is 10.0 Å². The van der Waals surface area contributed by atoms with Crippen LogP contribution in [0.25, 0.3) is 0 Å². The second-order valence-corrected chi connectivity index (χ2v) is 7.32. The molecule has 3 nitrogen and oxygen atoms in total. The first kappa shape index (κ1) is 14.8. The lowest BCUT2D eigenvalue weighted by Gasteiger charge is -2.36. The van der Waals surface area contributed by atoms with Gasteiger partial charge in [-0.1, -0.05) is 66.4 Å². The Labute approximate surface area is 141 Å². The molecule has 2 heterocycles. The maximum absolute atomic E-state index is 11.7. The summed E-state index contributed by atoms with van der Waals surface area (Å²) in [5, 5.41) is 12.7. The molecular weight excluding hydrogens is 304 g/mol. The van der Waals surface area contributed by atoms with E-state index in [1.165, 1.54) is 11.1 Å². The van der Waals surface area contributed by atoms with Crippen molar-refractivity contribution in [3.63, 3.8) is 0 Å². The van der Waals surface area contributed by atoms with Crippen LogP contribution in [-0.4, -0.2) is 33.5 Å². The van der Waals surface area contributed by atoms with Gasteiger partial charge in [-0.2, -0.15) is 0 Å². The smallest absolute Gasteiger partial charge is 0.178 e. The minimum Gasteiger partial charge on any atom is -0.366 e. The number of aryl methyl sites for hydroxylation is 1. The first-order valence-electron chi connectivity index (χ1n) is 8.01. The number of hydrogen-bond acceptors (Lipinski definition) is 4. The first-order chi connectivity index (χ1) is 11.2.